The van der Waals surface area contributed by atoms with Crippen LogP contribution in [0.1, 0.15) is 27.0 Å². The van der Waals surface area contributed by atoms with Gasteiger partial charge in [0, 0.05) is 23.8 Å². The van der Waals surface area contributed by atoms with Gasteiger partial charge in [-0.1, -0.05) is 18.2 Å². The standard InChI is InChI=1S/C20H17F3N4O/c1-12-5-3-8-17(13(12)2)27-18(28)14-10-24-19(25-11-14)26-16-7-4-6-15(9-16)20(21,22)23/h3-11H,1-2H3,(H,27,28)(H,24,25,26). The molecule has 0 aliphatic carbocycles. The summed E-state index contributed by atoms with van der Waals surface area (Å²) in [4.78, 5) is 20.4. The van der Waals surface area contributed by atoms with Crippen LogP contribution < -0.4 is 10.6 Å². The van der Waals surface area contributed by atoms with Crippen molar-refractivity contribution in [1.82, 2.24) is 9.97 Å². The molecule has 0 bridgehead atoms. The fourth-order valence-corrected chi connectivity index (χ4v) is 2.49. The average molecular weight is 386 g/mol. The number of carbonyl (C=O) groups excluding carboxylic acids is 1. The number of rotatable bonds is 4. The molecular weight excluding hydrogens is 369 g/mol. The number of hydrogen-bond donors (Lipinski definition) is 2. The molecular formula is C20H17F3N4O. The minimum absolute atomic E-state index is 0.0858. The van der Waals surface area contributed by atoms with Crippen LogP contribution in [-0.2, 0) is 6.18 Å². The van der Waals surface area contributed by atoms with E-state index in [1.54, 1.807) is 6.07 Å². The lowest BCUT2D eigenvalue weighted by Crippen LogP contribution is -2.14. The Bertz CT molecular complexity index is 1000. The van der Waals surface area contributed by atoms with Gasteiger partial charge in [-0.3, -0.25) is 4.79 Å². The number of alkyl halides is 3. The Morgan fingerprint density at radius 2 is 1.68 bits per heavy atom. The zero-order valence-electron chi connectivity index (χ0n) is 15.1. The summed E-state index contributed by atoms with van der Waals surface area (Å²) in [5.74, 6) is -0.290. The Kier molecular flexibility index (Phi) is 5.30. The van der Waals surface area contributed by atoms with Crippen LogP contribution in [-0.4, -0.2) is 15.9 Å². The van der Waals surface area contributed by atoms with Gasteiger partial charge < -0.3 is 10.6 Å². The highest BCUT2D eigenvalue weighted by Gasteiger charge is 2.30. The van der Waals surface area contributed by atoms with E-state index in [0.717, 1.165) is 23.3 Å². The molecule has 0 spiro atoms. The smallest absolute Gasteiger partial charge is 0.324 e. The minimum Gasteiger partial charge on any atom is -0.324 e. The van der Waals surface area contributed by atoms with Crippen molar-refractivity contribution < 1.29 is 18.0 Å². The van der Waals surface area contributed by atoms with Gasteiger partial charge in [-0.05, 0) is 49.2 Å². The molecule has 1 aromatic heterocycles. The Balaban J connectivity index is 1.71. The zero-order valence-corrected chi connectivity index (χ0v) is 15.1. The number of aryl methyl sites for hydroxylation is 1. The van der Waals surface area contributed by atoms with Gasteiger partial charge in [-0.15, -0.1) is 0 Å². The normalized spacial score (nSPS) is 11.2. The van der Waals surface area contributed by atoms with Gasteiger partial charge in [0.1, 0.15) is 0 Å². The molecule has 1 amide bonds. The lowest BCUT2D eigenvalue weighted by Gasteiger charge is -2.11. The molecule has 0 atom stereocenters. The quantitative estimate of drug-likeness (QED) is 0.654. The number of nitrogens with zero attached hydrogens (tertiary/aromatic N) is 2. The third-order valence-corrected chi connectivity index (χ3v) is 4.21. The molecule has 0 aliphatic rings. The summed E-state index contributed by atoms with van der Waals surface area (Å²) in [6.07, 6.45) is -1.82. The molecule has 0 unspecified atom stereocenters. The number of benzene rings is 2. The Morgan fingerprint density at radius 1 is 1.00 bits per heavy atom. The first-order chi connectivity index (χ1) is 13.2. The number of halogens is 3. The Morgan fingerprint density at radius 3 is 2.36 bits per heavy atom. The second-order valence-corrected chi connectivity index (χ2v) is 6.20. The second kappa shape index (κ2) is 7.67. The van der Waals surface area contributed by atoms with Crippen LogP contribution in [0.15, 0.2) is 54.9 Å². The van der Waals surface area contributed by atoms with Crippen molar-refractivity contribution in [2.75, 3.05) is 10.6 Å². The highest BCUT2D eigenvalue weighted by Crippen LogP contribution is 2.31. The molecule has 3 rings (SSSR count). The van der Waals surface area contributed by atoms with E-state index < -0.39 is 11.7 Å². The van der Waals surface area contributed by atoms with E-state index in [9.17, 15) is 18.0 Å². The maximum absolute atomic E-state index is 12.8. The van der Waals surface area contributed by atoms with Crippen molar-refractivity contribution in [3.8, 4) is 0 Å². The summed E-state index contributed by atoms with van der Waals surface area (Å²) in [5.41, 5.74) is 2.35. The van der Waals surface area contributed by atoms with Crippen molar-refractivity contribution in [2.24, 2.45) is 0 Å². The summed E-state index contributed by atoms with van der Waals surface area (Å²) >= 11 is 0. The first-order valence-corrected chi connectivity index (χ1v) is 8.38. The third-order valence-electron chi connectivity index (χ3n) is 4.21. The van der Waals surface area contributed by atoms with Crippen LogP contribution in [0.25, 0.3) is 0 Å². The molecule has 0 radical (unpaired) electrons. The fourth-order valence-electron chi connectivity index (χ4n) is 2.49. The summed E-state index contributed by atoms with van der Waals surface area (Å²) in [6.45, 7) is 3.85. The summed E-state index contributed by atoms with van der Waals surface area (Å²) < 4.78 is 38.3. The van der Waals surface area contributed by atoms with Crippen LogP contribution in [0, 0.1) is 13.8 Å². The molecule has 28 heavy (non-hydrogen) atoms. The van der Waals surface area contributed by atoms with Crippen molar-refractivity contribution in [1.29, 1.82) is 0 Å². The number of amides is 1. The van der Waals surface area contributed by atoms with Gasteiger partial charge in [0.15, 0.2) is 0 Å². The van der Waals surface area contributed by atoms with Gasteiger partial charge in [0.2, 0.25) is 5.95 Å². The molecule has 0 aliphatic heterocycles. The second-order valence-electron chi connectivity index (χ2n) is 6.20. The summed E-state index contributed by atoms with van der Waals surface area (Å²) in [7, 11) is 0. The number of hydrogen-bond acceptors (Lipinski definition) is 4. The van der Waals surface area contributed by atoms with E-state index in [0.29, 0.717) is 5.69 Å². The molecule has 5 nitrogen and oxygen atoms in total. The first-order valence-electron chi connectivity index (χ1n) is 8.38. The highest BCUT2D eigenvalue weighted by molar-refractivity contribution is 6.04. The predicted octanol–water partition coefficient (Wildman–Crippen LogP) is 5.11. The molecule has 3 aromatic rings. The van der Waals surface area contributed by atoms with Crippen molar-refractivity contribution in [3.63, 3.8) is 0 Å². The largest absolute Gasteiger partial charge is 0.416 e. The molecule has 2 N–H and O–H groups in total. The molecule has 1 heterocycles. The van der Waals surface area contributed by atoms with E-state index in [1.807, 2.05) is 26.0 Å². The minimum atomic E-state index is -4.44. The van der Waals surface area contributed by atoms with E-state index >= 15 is 0 Å². The lowest BCUT2D eigenvalue weighted by molar-refractivity contribution is -0.137. The van der Waals surface area contributed by atoms with E-state index in [4.69, 9.17) is 0 Å². The maximum Gasteiger partial charge on any atom is 0.416 e. The SMILES string of the molecule is Cc1cccc(NC(=O)c2cnc(Nc3cccc(C(F)(F)F)c3)nc2)c1C. The third kappa shape index (κ3) is 4.46. The number of carbonyl (C=O) groups is 1. The molecule has 0 saturated heterocycles. The molecule has 0 saturated carbocycles. The van der Waals surface area contributed by atoms with Gasteiger partial charge in [-0.25, -0.2) is 9.97 Å². The number of nitrogens with one attached hydrogen (secondary N) is 2. The van der Waals surface area contributed by atoms with E-state index in [1.165, 1.54) is 24.5 Å². The van der Waals surface area contributed by atoms with Crippen molar-refractivity contribution >= 4 is 23.2 Å². The monoisotopic (exact) mass is 386 g/mol. The maximum atomic E-state index is 12.8. The van der Waals surface area contributed by atoms with Crippen LogP contribution in [0.3, 0.4) is 0 Å². The van der Waals surface area contributed by atoms with E-state index in [-0.39, 0.29) is 23.1 Å². The van der Waals surface area contributed by atoms with Crippen LogP contribution in [0.2, 0.25) is 0 Å². The van der Waals surface area contributed by atoms with Crippen LogP contribution in [0.4, 0.5) is 30.5 Å². The van der Waals surface area contributed by atoms with Gasteiger partial charge in [0.05, 0.1) is 11.1 Å². The highest BCUT2D eigenvalue weighted by atomic mass is 19.4. The van der Waals surface area contributed by atoms with E-state index in [2.05, 4.69) is 20.6 Å². The van der Waals surface area contributed by atoms with Gasteiger partial charge in [0.25, 0.3) is 5.91 Å². The predicted molar refractivity (Wildman–Crippen MR) is 101 cm³/mol. The first kappa shape index (κ1) is 19.3. The Labute approximate surface area is 159 Å². The summed E-state index contributed by atoms with van der Waals surface area (Å²) in [5, 5.41) is 5.49. The molecule has 0 fully saturated rings. The van der Waals surface area contributed by atoms with Gasteiger partial charge in [-0.2, -0.15) is 13.2 Å². The van der Waals surface area contributed by atoms with Crippen molar-refractivity contribution in [2.45, 2.75) is 20.0 Å². The van der Waals surface area contributed by atoms with Crippen molar-refractivity contribution in [3.05, 3.63) is 77.1 Å². The molecule has 2 aromatic carbocycles. The van der Waals surface area contributed by atoms with Crippen LogP contribution in [0.5, 0.6) is 0 Å². The molecule has 144 valence electrons. The van der Waals surface area contributed by atoms with Gasteiger partial charge >= 0.3 is 6.18 Å². The average Bonchev–Trinajstić information content (AvgIpc) is 2.65. The Hall–Kier alpha value is -3.42. The zero-order chi connectivity index (χ0) is 20.3. The fraction of sp³-hybridized carbons (Fsp3) is 0.150. The van der Waals surface area contributed by atoms with Crippen LogP contribution >= 0.6 is 0 Å². The number of anilines is 3. The summed E-state index contributed by atoms with van der Waals surface area (Å²) in [6, 6.07) is 10.3. The number of aromatic nitrogens is 2. The topological polar surface area (TPSA) is 66.9 Å². The lowest BCUT2D eigenvalue weighted by atomic mass is 10.1. The molecule has 8 heteroatoms.